The van der Waals surface area contributed by atoms with Crippen LogP contribution in [0.4, 0.5) is 5.95 Å². The number of amides is 1. The SMILES string of the molecule is O=C(/C=C/c1cnc2sccn12)Nc1nn[nH]n1. The van der Waals surface area contributed by atoms with Crippen LogP contribution in [0.3, 0.4) is 0 Å². The number of aromatic nitrogens is 6. The number of tetrazole rings is 1. The zero-order valence-electron chi connectivity index (χ0n) is 8.94. The summed E-state index contributed by atoms with van der Waals surface area (Å²) in [6, 6.07) is 0. The van der Waals surface area contributed by atoms with Crippen LogP contribution < -0.4 is 5.32 Å². The maximum absolute atomic E-state index is 11.5. The number of thiazole rings is 1. The zero-order chi connectivity index (χ0) is 12.4. The molecule has 0 aliphatic rings. The number of H-pyrrole nitrogens is 1. The lowest BCUT2D eigenvalue weighted by Crippen LogP contribution is -2.09. The molecule has 0 bridgehead atoms. The standard InChI is InChI=1S/C9H7N7OS/c17-7(11-8-12-14-15-13-8)2-1-6-5-10-9-16(6)3-4-18-9/h1-5H,(H2,11,12,13,14,15,17)/b2-1+. The Morgan fingerprint density at radius 3 is 3.33 bits per heavy atom. The van der Waals surface area contributed by atoms with Crippen LogP contribution >= 0.6 is 11.3 Å². The molecule has 3 heterocycles. The first-order valence-electron chi connectivity index (χ1n) is 4.96. The Morgan fingerprint density at radius 1 is 1.56 bits per heavy atom. The first-order chi connectivity index (χ1) is 8.83. The van der Waals surface area contributed by atoms with E-state index < -0.39 is 0 Å². The number of nitrogens with zero attached hydrogens (tertiary/aromatic N) is 5. The van der Waals surface area contributed by atoms with Gasteiger partial charge in [-0.05, 0) is 11.3 Å². The summed E-state index contributed by atoms with van der Waals surface area (Å²) in [5, 5.41) is 17.2. The first-order valence-corrected chi connectivity index (χ1v) is 5.84. The number of carbonyl (C=O) groups is 1. The fraction of sp³-hybridized carbons (Fsp3) is 0. The molecule has 0 spiro atoms. The van der Waals surface area contributed by atoms with Gasteiger partial charge < -0.3 is 0 Å². The molecule has 0 atom stereocenters. The molecule has 3 aromatic rings. The Labute approximate surface area is 104 Å². The van der Waals surface area contributed by atoms with E-state index in [0.29, 0.717) is 0 Å². The summed E-state index contributed by atoms with van der Waals surface area (Å²) in [6.07, 6.45) is 6.65. The van der Waals surface area contributed by atoms with Gasteiger partial charge in [0.25, 0.3) is 11.9 Å². The maximum atomic E-state index is 11.5. The number of nitrogens with one attached hydrogen (secondary N) is 2. The van der Waals surface area contributed by atoms with Gasteiger partial charge in [0.05, 0.1) is 11.9 Å². The molecule has 3 aromatic heterocycles. The first kappa shape index (κ1) is 10.6. The second-order valence-corrected chi connectivity index (χ2v) is 4.17. The van der Waals surface area contributed by atoms with Gasteiger partial charge in [0.15, 0.2) is 4.96 Å². The summed E-state index contributed by atoms with van der Waals surface area (Å²) in [5.74, 6) is -0.194. The van der Waals surface area contributed by atoms with Crippen LogP contribution in [0.2, 0.25) is 0 Å². The van der Waals surface area contributed by atoms with Crippen LogP contribution in [0.1, 0.15) is 5.69 Å². The molecule has 0 aliphatic carbocycles. The van der Waals surface area contributed by atoms with E-state index in [0.717, 1.165) is 10.7 Å². The number of aromatic amines is 1. The van der Waals surface area contributed by atoms with Crippen LogP contribution in [-0.4, -0.2) is 35.9 Å². The van der Waals surface area contributed by atoms with Crippen LogP contribution in [0.5, 0.6) is 0 Å². The maximum Gasteiger partial charge on any atom is 0.270 e. The molecule has 18 heavy (non-hydrogen) atoms. The molecular weight excluding hydrogens is 254 g/mol. The Hall–Kier alpha value is -2.55. The smallest absolute Gasteiger partial charge is 0.270 e. The van der Waals surface area contributed by atoms with Gasteiger partial charge in [0, 0.05) is 17.7 Å². The molecular formula is C9H7N7OS. The van der Waals surface area contributed by atoms with Gasteiger partial charge >= 0.3 is 0 Å². The third-order valence-corrected chi connectivity index (χ3v) is 2.93. The molecule has 0 aliphatic heterocycles. The minimum absolute atomic E-state index is 0.138. The number of rotatable bonds is 3. The Balaban J connectivity index is 1.74. The van der Waals surface area contributed by atoms with Crippen LogP contribution in [0.15, 0.2) is 23.8 Å². The van der Waals surface area contributed by atoms with Crippen molar-refractivity contribution in [2.75, 3.05) is 5.32 Å². The molecule has 0 unspecified atom stereocenters. The van der Waals surface area contributed by atoms with Gasteiger partial charge in [-0.25, -0.2) is 4.98 Å². The summed E-state index contributed by atoms with van der Waals surface area (Å²) in [7, 11) is 0. The number of carbonyl (C=O) groups excluding carboxylic acids is 1. The predicted octanol–water partition coefficient (Wildman–Crippen LogP) is 0.561. The van der Waals surface area contributed by atoms with E-state index in [1.54, 1.807) is 12.3 Å². The van der Waals surface area contributed by atoms with Crippen molar-refractivity contribution in [2.45, 2.75) is 0 Å². The molecule has 0 fully saturated rings. The van der Waals surface area contributed by atoms with Crippen molar-refractivity contribution in [3.05, 3.63) is 29.5 Å². The summed E-state index contributed by atoms with van der Waals surface area (Å²) in [4.78, 5) is 16.6. The van der Waals surface area contributed by atoms with Crippen molar-refractivity contribution < 1.29 is 4.79 Å². The van der Waals surface area contributed by atoms with E-state index in [1.165, 1.54) is 17.4 Å². The number of hydrogen-bond donors (Lipinski definition) is 2. The van der Waals surface area contributed by atoms with E-state index >= 15 is 0 Å². The number of fused-ring (bicyclic) bond motifs is 1. The fourth-order valence-corrected chi connectivity index (χ4v) is 2.09. The fourth-order valence-electron chi connectivity index (χ4n) is 1.40. The minimum Gasteiger partial charge on any atom is -0.291 e. The lowest BCUT2D eigenvalue weighted by molar-refractivity contribution is -0.111. The summed E-state index contributed by atoms with van der Waals surface area (Å²) in [5.41, 5.74) is 0.828. The van der Waals surface area contributed by atoms with Gasteiger partial charge in [-0.2, -0.15) is 5.21 Å². The number of imidazole rings is 1. The second kappa shape index (κ2) is 4.37. The molecule has 0 saturated carbocycles. The highest BCUT2D eigenvalue weighted by molar-refractivity contribution is 7.15. The molecule has 3 rings (SSSR count). The summed E-state index contributed by atoms with van der Waals surface area (Å²) >= 11 is 1.53. The minimum atomic E-state index is -0.332. The molecule has 8 nitrogen and oxygen atoms in total. The molecule has 0 radical (unpaired) electrons. The average Bonchev–Trinajstić information content (AvgIpc) is 3.03. The van der Waals surface area contributed by atoms with Crippen LogP contribution in [0, 0.1) is 0 Å². The van der Waals surface area contributed by atoms with Crippen LogP contribution in [0.25, 0.3) is 11.0 Å². The van der Waals surface area contributed by atoms with Gasteiger partial charge in [-0.1, -0.05) is 5.10 Å². The summed E-state index contributed by atoms with van der Waals surface area (Å²) < 4.78 is 1.89. The van der Waals surface area contributed by atoms with Crippen molar-refractivity contribution >= 4 is 34.2 Å². The normalized spacial score (nSPS) is 11.3. The summed E-state index contributed by atoms with van der Waals surface area (Å²) in [6.45, 7) is 0. The number of anilines is 1. The largest absolute Gasteiger partial charge is 0.291 e. The number of hydrogen-bond acceptors (Lipinski definition) is 6. The van der Waals surface area contributed by atoms with Gasteiger partial charge in [-0.15, -0.1) is 16.4 Å². The van der Waals surface area contributed by atoms with E-state index in [9.17, 15) is 4.79 Å². The van der Waals surface area contributed by atoms with Crippen molar-refractivity contribution in [2.24, 2.45) is 0 Å². The quantitative estimate of drug-likeness (QED) is 0.671. The highest BCUT2D eigenvalue weighted by Gasteiger charge is 2.03. The topological polar surface area (TPSA) is 101 Å². The Bertz CT molecular complexity index is 695. The zero-order valence-corrected chi connectivity index (χ0v) is 9.76. The van der Waals surface area contributed by atoms with Crippen molar-refractivity contribution in [1.82, 2.24) is 30.0 Å². The molecule has 90 valence electrons. The van der Waals surface area contributed by atoms with Crippen molar-refractivity contribution in [3.8, 4) is 0 Å². The lowest BCUT2D eigenvalue weighted by Gasteiger charge is -1.93. The third kappa shape index (κ3) is 1.98. The van der Waals surface area contributed by atoms with Gasteiger partial charge in [0.2, 0.25) is 0 Å². The monoisotopic (exact) mass is 261 g/mol. The second-order valence-electron chi connectivity index (χ2n) is 3.30. The van der Waals surface area contributed by atoms with Crippen molar-refractivity contribution in [3.63, 3.8) is 0 Å². The van der Waals surface area contributed by atoms with Crippen LogP contribution in [-0.2, 0) is 4.79 Å². The van der Waals surface area contributed by atoms with Crippen molar-refractivity contribution in [1.29, 1.82) is 0 Å². The lowest BCUT2D eigenvalue weighted by atomic mass is 10.4. The van der Waals surface area contributed by atoms with Gasteiger partial charge in [-0.3, -0.25) is 14.5 Å². The molecule has 0 saturated heterocycles. The van der Waals surface area contributed by atoms with E-state index in [1.807, 2.05) is 16.0 Å². The Morgan fingerprint density at radius 2 is 2.50 bits per heavy atom. The molecule has 2 N–H and O–H groups in total. The third-order valence-electron chi connectivity index (χ3n) is 2.16. The van der Waals surface area contributed by atoms with Gasteiger partial charge in [0.1, 0.15) is 0 Å². The molecule has 1 amide bonds. The Kier molecular flexibility index (Phi) is 2.57. The van der Waals surface area contributed by atoms with E-state index in [2.05, 4.69) is 30.9 Å². The van der Waals surface area contributed by atoms with E-state index in [-0.39, 0.29) is 11.9 Å². The highest BCUT2D eigenvalue weighted by atomic mass is 32.1. The molecule has 0 aromatic carbocycles. The highest BCUT2D eigenvalue weighted by Crippen LogP contribution is 2.13. The van der Waals surface area contributed by atoms with E-state index in [4.69, 9.17) is 0 Å². The molecule has 9 heteroatoms. The predicted molar refractivity (Wildman–Crippen MR) is 64.9 cm³/mol. The average molecular weight is 261 g/mol.